The van der Waals surface area contributed by atoms with Crippen LogP contribution >= 0.6 is 0 Å². The predicted molar refractivity (Wildman–Crippen MR) is 211 cm³/mol. The molecule has 306 valence electrons. The Morgan fingerprint density at radius 3 is 1.19 bits per heavy atom. The van der Waals surface area contributed by atoms with E-state index in [0.29, 0.717) is 6.42 Å². The molecule has 1 aliphatic rings. The third kappa shape index (κ3) is 26.2. The van der Waals surface area contributed by atoms with E-state index in [4.69, 9.17) is 18.9 Å². The molecule has 1 rings (SSSR count). The molecule has 4 atom stereocenters. The van der Waals surface area contributed by atoms with Crippen LogP contribution in [-0.2, 0) is 33.3 Å². The van der Waals surface area contributed by atoms with Gasteiger partial charge in [-0.2, -0.15) is 0 Å². The van der Waals surface area contributed by atoms with Crippen molar-refractivity contribution < 1.29 is 38.4 Å². The highest BCUT2D eigenvalue weighted by Gasteiger charge is 2.47. The fourth-order valence-electron chi connectivity index (χ4n) is 7.14. The minimum atomic E-state index is -1.01. The van der Waals surface area contributed by atoms with E-state index in [1.165, 1.54) is 128 Å². The number of carbonyl (C=O) groups is 3. The molecule has 0 aromatic carbocycles. The average molecular weight is 739 g/mol. The van der Waals surface area contributed by atoms with Gasteiger partial charge in [0.15, 0.2) is 18.3 Å². The fraction of sp³-hybridized carbons (Fsp3) is 0.932. The van der Waals surface area contributed by atoms with E-state index in [-0.39, 0.29) is 31.4 Å². The zero-order chi connectivity index (χ0) is 37.9. The van der Waals surface area contributed by atoms with Crippen molar-refractivity contribution in [1.29, 1.82) is 0 Å². The number of ether oxygens (including phenoxy) is 4. The molecule has 1 aliphatic heterocycles. The maximum absolute atomic E-state index is 13.0. The van der Waals surface area contributed by atoms with Gasteiger partial charge in [0.05, 0.1) is 13.2 Å². The van der Waals surface area contributed by atoms with Crippen LogP contribution in [0.4, 0.5) is 0 Å². The third-order valence-corrected chi connectivity index (χ3v) is 10.5. The Morgan fingerprint density at radius 1 is 0.500 bits per heavy atom. The first-order valence-corrected chi connectivity index (χ1v) is 22.3. The molecule has 0 aromatic heterocycles. The van der Waals surface area contributed by atoms with Crippen LogP contribution in [0.15, 0.2) is 0 Å². The van der Waals surface area contributed by atoms with Crippen molar-refractivity contribution in [2.45, 2.75) is 251 Å². The number of unbranched alkanes of at least 4 members (excludes halogenated alkanes) is 26. The standard InChI is InChI=1S/C44H82O8/c1-4-7-10-13-16-19-20-23-26-28-31-34-41(47)51-39-37-49-43(44(39)52-42(48)35-32-29-25-22-18-15-12-9-6-3)38(36-45)50-40(46)33-30-27-24-21-17-14-11-8-5-2/h38-39,43-45H,4-37H2,1-3H3/t38-,39+,43-,44-/m1/s1. The molecule has 0 spiro atoms. The molecule has 1 heterocycles. The van der Waals surface area contributed by atoms with Crippen LogP contribution in [0.5, 0.6) is 0 Å². The van der Waals surface area contributed by atoms with E-state index < -0.39 is 37.0 Å². The number of hydrogen-bond donors (Lipinski definition) is 1. The van der Waals surface area contributed by atoms with Crippen molar-refractivity contribution in [1.82, 2.24) is 0 Å². The third-order valence-electron chi connectivity index (χ3n) is 10.5. The van der Waals surface area contributed by atoms with E-state index in [0.717, 1.165) is 57.8 Å². The molecule has 0 unspecified atom stereocenters. The SMILES string of the molecule is CCCCCCCCCCCCCC(=O)O[C@H]1CO[C@H]([C@@H](CO)OC(=O)CCCCCCCCCCC)[C@@H]1OC(=O)CCCCCCCCCCC. The Morgan fingerprint density at radius 2 is 0.827 bits per heavy atom. The van der Waals surface area contributed by atoms with Crippen molar-refractivity contribution in [2.24, 2.45) is 0 Å². The van der Waals surface area contributed by atoms with E-state index in [2.05, 4.69) is 20.8 Å². The smallest absolute Gasteiger partial charge is 0.306 e. The highest BCUT2D eigenvalue weighted by atomic mass is 16.6. The quantitative estimate of drug-likeness (QED) is 0.0381. The van der Waals surface area contributed by atoms with Gasteiger partial charge in [-0.05, 0) is 19.3 Å². The van der Waals surface area contributed by atoms with Crippen molar-refractivity contribution >= 4 is 17.9 Å². The summed E-state index contributed by atoms with van der Waals surface area (Å²) in [5.41, 5.74) is 0. The van der Waals surface area contributed by atoms with Crippen LogP contribution in [0.25, 0.3) is 0 Å². The summed E-state index contributed by atoms with van der Waals surface area (Å²) in [5, 5.41) is 10.2. The average Bonchev–Trinajstić information content (AvgIpc) is 3.52. The molecule has 1 fully saturated rings. The molecule has 0 amide bonds. The number of hydrogen-bond acceptors (Lipinski definition) is 8. The highest BCUT2D eigenvalue weighted by Crippen LogP contribution is 2.27. The van der Waals surface area contributed by atoms with Gasteiger partial charge in [0.2, 0.25) is 0 Å². The second-order valence-corrected chi connectivity index (χ2v) is 15.4. The van der Waals surface area contributed by atoms with Crippen LogP contribution in [0.1, 0.15) is 226 Å². The minimum absolute atomic E-state index is 0.0247. The summed E-state index contributed by atoms with van der Waals surface area (Å²) in [7, 11) is 0. The van der Waals surface area contributed by atoms with E-state index in [9.17, 15) is 19.5 Å². The first-order chi connectivity index (χ1) is 25.5. The second kappa shape index (κ2) is 35.1. The number of aliphatic hydroxyl groups is 1. The maximum Gasteiger partial charge on any atom is 0.306 e. The topological polar surface area (TPSA) is 108 Å². The monoisotopic (exact) mass is 739 g/mol. The summed E-state index contributed by atoms with van der Waals surface area (Å²) in [6.45, 7) is 6.24. The molecule has 0 bridgehead atoms. The number of carbonyl (C=O) groups excluding carboxylic acids is 3. The lowest BCUT2D eigenvalue weighted by Gasteiger charge is -2.28. The van der Waals surface area contributed by atoms with Crippen LogP contribution in [0, 0.1) is 0 Å². The number of aliphatic hydroxyl groups excluding tert-OH is 1. The summed E-state index contributed by atoms with van der Waals surface area (Å²) in [5.74, 6) is -1.12. The van der Waals surface area contributed by atoms with Gasteiger partial charge < -0.3 is 24.1 Å². The summed E-state index contributed by atoms with van der Waals surface area (Å²) in [6.07, 6.45) is 31.0. The summed E-state index contributed by atoms with van der Waals surface area (Å²) >= 11 is 0. The predicted octanol–water partition coefficient (Wildman–Crippen LogP) is 11.7. The fourth-order valence-corrected chi connectivity index (χ4v) is 7.14. The van der Waals surface area contributed by atoms with Gasteiger partial charge in [0, 0.05) is 19.3 Å². The molecule has 1 saturated heterocycles. The number of rotatable bonds is 37. The number of esters is 3. The largest absolute Gasteiger partial charge is 0.457 e. The molecular formula is C44H82O8. The molecule has 0 saturated carbocycles. The Hall–Kier alpha value is -1.67. The lowest BCUT2D eigenvalue weighted by atomic mass is 10.0. The van der Waals surface area contributed by atoms with Gasteiger partial charge in [-0.1, -0.05) is 188 Å². The van der Waals surface area contributed by atoms with E-state index in [1.54, 1.807) is 0 Å². The van der Waals surface area contributed by atoms with Gasteiger partial charge in [-0.25, -0.2) is 0 Å². The van der Waals surface area contributed by atoms with E-state index >= 15 is 0 Å². The van der Waals surface area contributed by atoms with Crippen LogP contribution in [0.2, 0.25) is 0 Å². The van der Waals surface area contributed by atoms with E-state index in [1.807, 2.05) is 0 Å². The van der Waals surface area contributed by atoms with Crippen molar-refractivity contribution in [3.05, 3.63) is 0 Å². The highest BCUT2D eigenvalue weighted by molar-refractivity contribution is 5.71. The Kier molecular flexibility index (Phi) is 32.6. The zero-order valence-corrected chi connectivity index (χ0v) is 34.2. The summed E-state index contributed by atoms with van der Waals surface area (Å²) < 4.78 is 23.3. The molecule has 0 aliphatic carbocycles. The van der Waals surface area contributed by atoms with Crippen LogP contribution in [-0.4, -0.2) is 60.6 Å². The van der Waals surface area contributed by atoms with Gasteiger partial charge in [0.25, 0.3) is 0 Å². The van der Waals surface area contributed by atoms with Crippen molar-refractivity contribution in [2.75, 3.05) is 13.2 Å². The Labute approximate surface area is 319 Å². The Bertz CT molecular complexity index is 848. The lowest BCUT2D eigenvalue weighted by molar-refractivity contribution is -0.175. The first kappa shape index (κ1) is 48.3. The normalized spacial score (nSPS) is 17.7. The zero-order valence-electron chi connectivity index (χ0n) is 34.2. The molecule has 8 nitrogen and oxygen atoms in total. The molecule has 0 radical (unpaired) electrons. The first-order valence-electron chi connectivity index (χ1n) is 22.3. The lowest BCUT2D eigenvalue weighted by Crippen LogP contribution is -2.46. The minimum Gasteiger partial charge on any atom is -0.457 e. The van der Waals surface area contributed by atoms with Crippen molar-refractivity contribution in [3.63, 3.8) is 0 Å². The molecule has 8 heteroatoms. The Balaban J connectivity index is 2.57. The molecular weight excluding hydrogens is 656 g/mol. The molecule has 0 aromatic rings. The van der Waals surface area contributed by atoms with Crippen LogP contribution < -0.4 is 0 Å². The van der Waals surface area contributed by atoms with Crippen molar-refractivity contribution in [3.8, 4) is 0 Å². The van der Waals surface area contributed by atoms with Gasteiger partial charge in [0.1, 0.15) is 6.10 Å². The summed E-state index contributed by atoms with van der Waals surface area (Å²) in [6, 6.07) is 0. The summed E-state index contributed by atoms with van der Waals surface area (Å²) in [4.78, 5) is 38.7. The molecule has 1 N–H and O–H groups in total. The maximum atomic E-state index is 13.0. The second-order valence-electron chi connectivity index (χ2n) is 15.4. The van der Waals surface area contributed by atoms with Gasteiger partial charge >= 0.3 is 17.9 Å². The van der Waals surface area contributed by atoms with Gasteiger partial charge in [-0.3, -0.25) is 14.4 Å². The molecule has 52 heavy (non-hydrogen) atoms. The van der Waals surface area contributed by atoms with Gasteiger partial charge in [-0.15, -0.1) is 0 Å². The van der Waals surface area contributed by atoms with Crippen LogP contribution in [0.3, 0.4) is 0 Å².